The van der Waals surface area contributed by atoms with Gasteiger partial charge in [-0.25, -0.2) is 8.42 Å². The maximum absolute atomic E-state index is 11.5. The molecule has 0 heterocycles. The summed E-state index contributed by atoms with van der Waals surface area (Å²) in [7, 11) is 2.06. The van der Waals surface area contributed by atoms with Crippen LogP contribution in [0.2, 0.25) is 0 Å². The quantitative estimate of drug-likeness (QED) is 0.728. The van der Waals surface area contributed by atoms with E-state index in [1.807, 2.05) is 0 Å². The summed E-state index contributed by atoms with van der Waals surface area (Å²) in [4.78, 5) is 0. The lowest BCUT2D eigenvalue weighted by atomic mass is 9.73. The Labute approximate surface area is 104 Å². The summed E-state index contributed by atoms with van der Waals surface area (Å²) in [5.74, 6) is 1.67. The molecule has 1 saturated carbocycles. The fourth-order valence-corrected chi connectivity index (χ4v) is 3.69. The Morgan fingerprint density at radius 3 is 1.88 bits per heavy atom. The van der Waals surface area contributed by atoms with Crippen molar-refractivity contribution in [3.63, 3.8) is 0 Å². The van der Waals surface area contributed by atoms with E-state index in [-0.39, 0.29) is 5.92 Å². The van der Waals surface area contributed by atoms with E-state index in [0.717, 1.165) is 31.6 Å². The van der Waals surface area contributed by atoms with Gasteiger partial charge in [-0.15, -0.1) is 0 Å². The van der Waals surface area contributed by atoms with E-state index in [1.165, 1.54) is 0 Å². The second-order valence-electron chi connectivity index (χ2n) is 5.90. The fraction of sp³-hybridized carbons (Fsp3) is 1.00. The molecule has 0 aromatic rings. The molecule has 4 heteroatoms. The average molecular weight is 267 g/mol. The molecule has 2 nitrogen and oxygen atoms in total. The first-order valence-electron chi connectivity index (χ1n) is 6.10. The van der Waals surface area contributed by atoms with Crippen LogP contribution < -0.4 is 0 Å². The lowest BCUT2D eigenvalue weighted by Crippen LogP contribution is -2.39. The van der Waals surface area contributed by atoms with E-state index in [1.54, 1.807) is 13.8 Å². The predicted octanol–water partition coefficient (Wildman–Crippen LogP) is 3.80. The van der Waals surface area contributed by atoms with Crippen LogP contribution in [-0.2, 0) is 9.05 Å². The minimum absolute atomic E-state index is 0.213. The number of halogens is 1. The highest BCUT2D eigenvalue weighted by Gasteiger charge is 2.42. The Kier molecular flexibility index (Phi) is 4.34. The third-order valence-corrected chi connectivity index (χ3v) is 7.11. The Balaban J connectivity index is 2.67. The van der Waals surface area contributed by atoms with E-state index in [9.17, 15) is 8.42 Å². The number of hydrogen-bond acceptors (Lipinski definition) is 2. The molecule has 0 aromatic carbocycles. The zero-order valence-corrected chi connectivity index (χ0v) is 12.2. The Morgan fingerprint density at radius 1 is 1.12 bits per heavy atom. The highest BCUT2D eigenvalue weighted by molar-refractivity contribution is 8.14. The minimum Gasteiger partial charge on any atom is -0.212 e. The maximum Gasteiger partial charge on any atom is 0.238 e. The third kappa shape index (κ3) is 2.92. The molecule has 1 aliphatic rings. The topological polar surface area (TPSA) is 34.1 Å². The van der Waals surface area contributed by atoms with Crippen LogP contribution in [0.5, 0.6) is 0 Å². The molecule has 0 saturated heterocycles. The van der Waals surface area contributed by atoms with Crippen LogP contribution in [0.3, 0.4) is 0 Å². The smallest absolute Gasteiger partial charge is 0.212 e. The van der Waals surface area contributed by atoms with E-state index < -0.39 is 13.8 Å². The van der Waals surface area contributed by atoms with Gasteiger partial charge in [0.1, 0.15) is 0 Å². The standard InChI is InChI=1S/C12H23ClO2S/c1-9(2)10-5-7-11(8-6-10)12(3,4)16(13,14)15/h9-11H,5-8H2,1-4H3. The Hall–Kier alpha value is 0.240. The van der Waals surface area contributed by atoms with E-state index in [0.29, 0.717) is 5.92 Å². The van der Waals surface area contributed by atoms with Crippen molar-refractivity contribution in [1.29, 1.82) is 0 Å². The number of rotatable bonds is 3. The molecule has 0 aromatic heterocycles. The van der Waals surface area contributed by atoms with Gasteiger partial charge >= 0.3 is 0 Å². The first kappa shape index (κ1) is 14.3. The van der Waals surface area contributed by atoms with Crippen molar-refractivity contribution in [2.45, 2.75) is 58.1 Å². The monoisotopic (exact) mass is 266 g/mol. The summed E-state index contributed by atoms with van der Waals surface area (Å²) >= 11 is 0. The third-order valence-electron chi connectivity index (χ3n) is 4.33. The van der Waals surface area contributed by atoms with Crippen LogP contribution in [0, 0.1) is 17.8 Å². The predicted molar refractivity (Wildman–Crippen MR) is 69.1 cm³/mol. The van der Waals surface area contributed by atoms with Gasteiger partial charge in [0.15, 0.2) is 0 Å². The van der Waals surface area contributed by atoms with Gasteiger partial charge in [0.25, 0.3) is 0 Å². The van der Waals surface area contributed by atoms with Crippen LogP contribution in [0.1, 0.15) is 53.4 Å². The second-order valence-corrected chi connectivity index (χ2v) is 9.04. The molecule has 16 heavy (non-hydrogen) atoms. The lowest BCUT2D eigenvalue weighted by Gasteiger charge is -2.38. The van der Waals surface area contributed by atoms with Crippen molar-refractivity contribution in [2.75, 3.05) is 0 Å². The molecule has 0 spiro atoms. The summed E-state index contributed by atoms with van der Waals surface area (Å²) in [5, 5.41) is 0. The van der Waals surface area contributed by atoms with Crippen molar-refractivity contribution < 1.29 is 8.42 Å². The molecule has 1 rings (SSSR count). The zero-order valence-electron chi connectivity index (χ0n) is 10.7. The molecular formula is C12H23ClO2S. The molecule has 1 fully saturated rings. The first-order valence-corrected chi connectivity index (χ1v) is 8.41. The van der Waals surface area contributed by atoms with E-state index >= 15 is 0 Å². The van der Waals surface area contributed by atoms with Gasteiger partial charge in [-0.2, -0.15) is 0 Å². The summed E-state index contributed by atoms with van der Waals surface area (Å²) in [6, 6.07) is 0. The molecule has 0 atom stereocenters. The van der Waals surface area contributed by atoms with Crippen molar-refractivity contribution in [3.8, 4) is 0 Å². The normalized spacial score (nSPS) is 28.4. The molecule has 0 N–H and O–H groups in total. The summed E-state index contributed by atoms with van der Waals surface area (Å²) < 4.78 is 22.3. The van der Waals surface area contributed by atoms with Crippen molar-refractivity contribution in [3.05, 3.63) is 0 Å². The Bertz CT molecular complexity index is 325. The summed E-state index contributed by atoms with van der Waals surface area (Å²) in [5.41, 5.74) is 0. The lowest BCUT2D eigenvalue weighted by molar-refractivity contribution is 0.198. The van der Waals surface area contributed by atoms with Gasteiger partial charge in [0.2, 0.25) is 9.05 Å². The zero-order chi connectivity index (χ0) is 12.6. The van der Waals surface area contributed by atoms with Crippen molar-refractivity contribution in [2.24, 2.45) is 17.8 Å². The van der Waals surface area contributed by atoms with Gasteiger partial charge in [-0.1, -0.05) is 13.8 Å². The molecule has 1 aliphatic carbocycles. The van der Waals surface area contributed by atoms with Crippen LogP contribution in [-0.4, -0.2) is 13.2 Å². The van der Waals surface area contributed by atoms with Crippen LogP contribution >= 0.6 is 10.7 Å². The molecular weight excluding hydrogens is 244 g/mol. The SMILES string of the molecule is CC(C)C1CCC(C(C)(C)S(=O)(=O)Cl)CC1. The molecule has 0 bridgehead atoms. The van der Waals surface area contributed by atoms with Crippen LogP contribution in [0.15, 0.2) is 0 Å². The van der Waals surface area contributed by atoms with E-state index in [4.69, 9.17) is 10.7 Å². The van der Waals surface area contributed by atoms with Gasteiger partial charge in [-0.3, -0.25) is 0 Å². The van der Waals surface area contributed by atoms with Gasteiger partial charge in [0.05, 0.1) is 4.75 Å². The van der Waals surface area contributed by atoms with Gasteiger partial charge in [-0.05, 0) is 57.3 Å². The summed E-state index contributed by atoms with van der Waals surface area (Å²) in [6.45, 7) is 8.01. The summed E-state index contributed by atoms with van der Waals surface area (Å²) in [6.07, 6.45) is 4.25. The largest absolute Gasteiger partial charge is 0.238 e. The van der Waals surface area contributed by atoms with Gasteiger partial charge in [0, 0.05) is 10.7 Å². The second kappa shape index (κ2) is 4.85. The van der Waals surface area contributed by atoms with Gasteiger partial charge < -0.3 is 0 Å². The minimum atomic E-state index is -3.47. The highest BCUT2D eigenvalue weighted by Crippen LogP contribution is 2.42. The molecule has 0 radical (unpaired) electrons. The molecule has 0 unspecified atom stereocenters. The highest BCUT2D eigenvalue weighted by atomic mass is 35.7. The van der Waals surface area contributed by atoms with Crippen LogP contribution in [0.25, 0.3) is 0 Å². The number of hydrogen-bond donors (Lipinski definition) is 0. The molecule has 0 aliphatic heterocycles. The fourth-order valence-electron chi connectivity index (χ4n) is 2.68. The average Bonchev–Trinajstić information content (AvgIpc) is 2.16. The molecule has 96 valence electrons. The Morgan fingerprint density at radius 2 is 1.56 bits per heavy atom. The first-order chi connectivity index (χ1) is 7.16. The van der Waals surface area contributed by atoms with E-state index in [2.05, 4.69) is 13.8 Å². The van der Waals surface area contributed by atoms with Crippen molar-refractivity contribution >= 4 is 19.7 Å². The molecule has 0 amide bonds. The van der Waals surface area contributed by atoms with Crippen LogP contribution in [0.4, 0.5) is 0 Å². The van der Waals surface area contributed by atoms with Crippen molar-refractivity contribution in [1.82, 2.24) is 0 Å². The maximum atomic E-state index is 11.5.